The van der Waals surface area contributed by atoms with E-state index in [1.807, 2.05) is 31.2 Å². The Labute approximate surface area is 160 Å². The average Bonchev–Trinajstić information content (AvgIpc) is 3.07. The minimum absolute atomic E-state index is 0.00864. The molecule has 1 unspecified atom stereocenters. The van der Waals surface area contributed by atoms with Crippen molar-refractivity contribution < 1.29 is 17.9 Å². The number of aryl methyl sites for hydroxylation is 1. The average molecular weight is 412 g/mol. The molecule has 0 aliphatic rings. The van der Waals surface area contributed by atoms with Gasteiger partial charge in [-0.05, 0) is 36.2 Å². The molecule has 27 heavy (non-hydrogen) atoms. The number of benzene rings is 2. The Morgan fingerprint density at radius 1 is 1.15 bits per heavy atom. The number of anilines is 1. The topological polar surface area (TPSA) is 68.0 Å². The van der Waals surface area contributed by atoms with Crippen molar-refractivity contribution in [1.29, 1.82) is 0 Å². The molecule has 5 nitrogen and oxygen atoms in total. The number of hydrogen-bond acceptors (Lipinski definition) is 4. The smallest absolute Gasteiger partial charge is 0.336 e. The van der Waals surface area contributed by atoms with E-state index in [0.717, 1.165) is 16.8 Å². The normalized spacial score (nSPS) is 14.0. The molecule has 1 N–H and O–H groups in total. The lowest BCUT2D eigenvalue weighted by molar-refractivity contribution is 0.0551. The number of nitrogens with zero attached hydrogens (tertiary/aromatic N) is 2. The first-order valence-electron chi connectivity index (χ1n) is 8.04. The van der Waals surface area contributed by atoms with Gasteiger partial charge in [-0.1, -0.05) is 47.1 Å². The van der Waals surface area contributed by atoms with Crippen molar-refractivity contribution in [1.82, 2.24) is 10.1 Å². The van der Waals surface area contributed by atoms with Gasteiger partial charge in [0.15, 0.2) is 7.29 Å². The highest BCUT2D eigenvalue weighted by atomic mass is 35.5. The van der Waals surface area contributed by atoms with Gasteiger partial charge in [-0.3, -0.25) is 0 Å². The molecule has 0 amide bonds. The Kier molecular flexibility index (Phi) is 5.36. The second-order valence-electron chi connectivity index (χ2n) is 6.35. The lowest BCUT2D eigenvalue weighted by Crippen LogP contribution is -2.03. The molecule has 3 aromatic rings. The first kappa shape index (κ1) is 19.5. The molecule has 0 bridgehead atoms. The van der Waals surface area contributed by atoms with Gasteiger partial charge in [0.25, 0.3) is 0 Å². The zero-order valence-electron chi connectivity index (χ0n) is 14.6. The summed E-state index contributed by atoms with van der Waals surface area (Å²) in [5.41, 5.74) is 3.24. The number of aromatic nitrogens is 2. The zero-order valence-corrected chi connectivity index (χ0v) is 16.3. The van der Waals surface area contributed by atoms with Crippen LogP contribution in [0.15, 0.2) is 53.1 Å². The van der Waals surface area contributed by atoms with Crippen molar-refractivity contribution in [2.45, 2.75) is 18.5 Å². The van der Waals surface area contributed by atoms with Crippen molar-refractivity contribution in [3.63, 3.8) is 0 Å². The van der Waals surface area contributed by atoms with Crippen LogP contribution < -0.4 is 5.09 Å². The van der Waals surface area contributed by atoms with Gasteiger partial charge in [0.05, 0.1) is 0 Å². The van der Waals surface area contributed by atoms with Crippen molar-refractivity contribution in [2.75, 3.05) is 11.8 Å². The summed E-state index contributed by atoms with van der Waals surface area (Å²) in [5.74, 6) is -0.946. The molecule has 0 fully saturated rings. The molecule has 9 heteroatoms. The van der Waals surface area contributed by atoms with E-state index in [-0.39, 0.29) is 5.82 Å². The first-order valence-corrected chi connectivity index (χ1v) is 10.8. The maximum Gasteiger partial charge on any atom is 0.400 e. The van der Waals surface area contributed by atoms with Gasteiger partial charge in [-0.15, -0.1) is 0 Å². The van der Waals surface area contributed by atoms with Gasteiger partial charge >= 0.3 is 11.3 Å². The van der Waals surface area contributed by atoms with Crippen LogP contribution in [0.4, 0.5) is 14.5 Å². The highest BCUT2D eigenvalue weighted by Crippen LogP contribution is 2.45. The Balaban J connectivity index is 1.70. The number of halogens is 3. The second-order valence-corrected chi connectivity index (χ2v) is 9.57. The van der Waals surface area contributed by atoms with Crippen LogP contribution in [0.5, 0.6) is 0 Å². The lowest BCUT2D eigenvalue weighted by Gasteiger charge is -2.16. The van der Waals surface area contributed by atoms with E-state index >= 15 is 0 Å². The summed E-state index contributed by atoms with van der Waals surface area (Å²) in [5, 5.41) is 2.87. The number of nitrogens with one attached hydrogen (secondary N) is 1. The number of hydrogen-bond donors (Lipinski definition) is 1. The molecule has 3 rings (SSSR count). The SMILES string of the molecule is Cc1ccc(NP(C)(=O)Cc2ccc(-c3noc(C(F)(F)Cl)n3)cc2)cc1. The van der Waals surface area contributed by atoms with Crippen LogP contribution in [0.25, 0.3) is 11.4 Å². The Morgan fingerprint density at radius 3 is 2.33 bits per heavy atom. The minimum Gasteiger partial charge on any atom is -0.336 e. The van der Waals surface area contributed by atoms with Crippen LogP contribution >= 0.6 is 18.9 Å². The summed E-state index contributed by atoms with van der Waals surface area (Å²) in [6.45, 7) is 3.66. The highest BCUT2D eigenvalue weighted by molar-refractivity contribution is 7.63. The van der Waals surface area contributed by atoms with Crippen LogP contribution in [-0.2, 0) is 16.1 Å². The molecule has 1 atom stereocenters. The standard InChI is InChI=1S/C18H17ClF2N3O2P/c1-12-3-9-15(10-4-12)24-27(2,25)11-13-5-7-14(8-6-13)16-22-17(26-23-16)18(19,20)21/h3-10H,11H2,1-2H3,(H,24,25). The van der Waals surface area contributed by atoms with Gasteiger partial charge in [0.1, 0.15) is 0 Å². The molecule has 0 aliphatic carbocycles. The quantitative estimate of drug-likeness (QED) is 0.407. The highest BCUT2D eigenvalue weighted by Gasteiger charge is 2.35. The molecular weight excluding hydrogens is 395 g/mol. The van der Waals surface area contributed by atoms with Gasteiger partial charge < -0.3 is 14.2 Å². The zero-order chi connectivity index (χ0) is 19.7. The Bertz CT molecular complexity index is 970. The van der Waals surface area contributed by atoms with E-state index in [1.54, 1.807) is 30.9 Å². The monoisotopic (exact) mass is 411 g/mol. The summed E-state index contributed by atoms with van der Waals surface area (Å²) >= 11 is 4.86. The maximum absolute atomic E-state index is 13.0. The van der Waals surface area contributed by atoms with Crippen molar-refractivity contribution >= 4 is 24.6 Å². The molecule has 1 heterocycles. The predicted molar refractivity (Wildman–Crippen MR) is 102 cm³/mol. The summed E-state index contributed by atoms with van der Waals surface area (Å²) in [6, 6.07) is 14.5. The molecular formula is C18H17ClF2N3O2P. The molecule has 0 saturated carbocycles. The fourth-order valence-electron chi connectivity index (χ4n) is 2.50. The lowest BCUT2D eigenvalue weighted by atomic mass is 10.1. The summed E-state index contributed by atoms with van der Waals surface area (Å²) in [6.07, 6.45) is 0.332. The molecule has 1 aromatic heterocycles. The molecule has 0 spiro atoms. The molecule has 142 valence electrons. The van der Waals surface area contributed by atoms with E-state index in [0.29, 0.717) is 11.7 Å². The largest absolute Gasteiger partial charge is 0.400 e. The third-order valence-corrected chi connectivity index (χ3v) is 5.64. The molecule has 0 radical (unpaired) electrons. The van der Waals surface area contributed by atoms with Crippen LogP contribution in [0.1, 0.15) is 17.0 Å². The van der Waals surface area contributed by atoms with Crippen molar-refractivity contribution in [3.05, 3.63) is 65.5 Å². The van der Waals surface area contributed by atoms with Gasteiger partial charge in [0, 0.05) is 24.1 Å². The van der Waals surface area contributed by atoms with E-state index in [2.05, 4.69) is 19.8 Å². The number of rotatable bonds is 6. The van der Waals surface area contributed by atoms with E-state index < -0.39 is 18.6 Å². The van der Waals surface area contributed by atoms with Gasteiger partial charge in [0.2, 0.25) is 5.82 Å². The van der Waals surface area contributed by atoms with E-state index in [9.17, 15) is 13.3 Å². The third kappa shape index (κ3) is 5.15. The van der Waals surface area contributed by atoms with Crippen LogP contribution in [0, 0.1) is 6.92 Å². The number of alkyl halides is 3. The third-order valence-electron chi connectivity index (χ3n) is 3.78. The maximum atomic E-state index is 13.0. The summed E-state index contributed by atoms with van der Waals surface area (Å²) < 4.78 is 43.3. The van der Waals surface area contributed by atoms with E-state index in [4.69, 9.17) is 11.6 Å². The van der Waals surface area contributed by atoms with Gasteiger partial charge in [-0.2, -0.15) is 13.8 Å². The van der Waals surface area contributed by atoms with Crippen molar-refractivity contribution in [2.24, 2.45) is 0 Å². The Hall–Kier alpha value is -2.24. The molecule has 0 saturated heterocycles. The minimum atomic E-state index is -3.71. The van der Waals surface area contributed by atoms with Gasteiger partial charge in [-0.25, -0.2) is 0 Å². The summed E-state index contributed by atoms with van der Waals surface area (Å²) in [4.78, 5) is 3.59. The molecule has 2 aromatic carbocycles. The Morgan fingerprint density at radius 2 is 1.78 bits per heavy atom. The first-order chi connectivity index (χ1) is 12.6. The fraction of sp³-hybridized carbons (Fsp3) is 0.222. The van der Waals surface area contributed by atoms with Crippen molar-refractivity contribution in [3.8, 4) is 11.4 Å². The van der Waals surface area contributed by atoms with E-state index in [1.165, 1.54) is 0 Å². The summed E-state index contributed by atoms with van der Waals surface area (Å²) in [7, 11) is -2.67. The molecule has 0 aliphatic heterocycles. The second kappa shape index (κ2) is 7.41. The fourth-order valence-corrected chi connectivity index (χ4v) is 4.26. The van der Waals surface area contributed by atoms with Crippen LogP contribution in [0.3, 0.4) is 0 Å². The van der Waals surface area contributed by atoms with Crippen LogP contribution in [-0.4, -0.2) is 16.8 Å². The van der Waals surface area contributed by atoms with Crippen LogP contribution in [0.2, 0.25) is 0 Å². The predicted octanol–water partition coefficient (Wildman–Crippen LogP) is 5.85.